The van der Waals surface area contributed by atoms with Crippen molar-refractivity contribution in [2.75, 3.05) is 9.80 Å². The second kappa shape index (κ2) is 18.3. The molecule has 7 aromatic carbocycles. The number of hydrogen-bond acceptors (Lipinski definition) is 3. The minimum absolute atomic E-state index is 0.0239. The molecule has 1 fully saturated rings. The van der Waals surface area contributed by atoms with Gasteiger partial charge >= 0.3 is 0 Å². The summed E-state index contributed by atoms with van der Waals surface area (Å²) in [6.07, 6.45) is 8.61. The van der Waals surface area contributed by atoms with Crippen molar-refractivity contribution in [1.82, 2.24) is 0 Å². The zero-order chi connectivity index (χ0) is 58.2. The lowest BCUT2D eigenvalue weighted by Gasteiger charge is -2.59. The third kappa shape index (κ3) is 8.58. The van der Waals surface area contributed by atoms with Crippen molar-refractivity contribution < 1.29 is 0 Å². The highest BCUT2D eigenvalue weighted by atomic mass is 32.1. The van der Waals surface area contributed by atoms with Crippen LogP contribution in [0.15, 0.2) is 133 Å². The van der Waals surface area contributed by atoms with E-state index in [0.717, 1.165) is 6.42 Å². The molecule has 4 heteroatoms. The lowest BCUT2D eigenvalue weighted by molar-refractivity contribution is 0.0602. The molecular formula is C78H91BN2S. The van der Waals surface area contributed by atoms with Gasteiger partial charge in [-0.2, -0.15) is 0 Å². The predicted octanol–water partition coefficient (Wildman–Crippen LogP) is 20.6. The van der Waals surface area contributed by atoms with E-state index in [9.17, 15) is 0 Å². The Bertz CT molecular complexity index is 3800. The number of thiophene rings is 1. The van der Waals surface area contributed by atoms with E-state index in [0.29, 0.717) is 0 Å². The Morgan fingerprint density at radius 2 is 1.07 bits per heavy atom. The van der Waals surface area contributed by atoms with Crippen LogP contribution in [0.3, 0.4) is 0 Å². The van der Waals surface area contributed by atoms with Crippen LogP contribution in [0.5, 0.6) is 0 Å². The summed E-state index contributed by atoms with van der Waals surface area (Å²) in [7, 11) is 0. The van der Waals surface area contributed by atoms with Crippen LogP contribution in [0.25, 0.3) is 21.2 Å². The first kappa shape index (κ1) is 55.4. The molecule has 2 aliphatic heterocycles. The Kier molecular flexibility index (Phi) is 12.4. The highest BCUT2D eigenvalue weighted by molar-refractivity contribution is 7.33. The molecule has 0 bridgehead atoms. The molecule has 0 N–H and O–H groups in total. The van der Waals surface area contributed by atoms with E-state index in [-0.39, 0.29) is 56.0 Å². The van der Waals surface area contributed by atoms with Crippen molar-refractivity contribution in [2.45, 2.75) is 213 Å². The van der Waals surface area contributed by atoms with Gasteiger partial charge in [0, 0.05) is 49.1 Å². The lowest BCUT2D eigenvalue weighted by atomic mass is 9.31. The highest BCUT2D eigenvalue weighted by Crippen LogP contribution is 2.64. The van der Waals surface area contributed by atoms with Gasteiger partial charge in [-0.1, -0.05) is 216 Å². The van der Waals surface area contributed by atoms with E-state index in [1.54, 1.807) is 16.6 Å². The molecule has 3 heterocycles. The highest BCUT2D eigenvalue weighted by Gasteiger charge is 2.57. The minimum Gasteiger partial charge on any atom is -0.310 e. The van der Waals surface area contributed by atoms with Gasteiger partial charge in [0.25, 0.3) is 6.71 Å². The van der Waals surface area contributed by atoms with Crippen LogP contribution in [-0.4, -0.2) is 6.71 Å². The first-order valence-corrected chi connectivity index (χ1v) is 32.2. The standard InChI is InChI=1S/C78H91BN2S/c1-71(2,3)49-26-31-53(32-27-49)80(54-33-28-50(29-34-54)72(4,5)6)55-43-57-59-47-77(17)36-22-23-37-78(77,18)62-41-52(74(10,11)12)42-63(67(59)62)79-68(57)65(44-55)81(64-35-30-51(73(7,8)9)40-56(64)48-24-20-19-21-25-48)69-58-45-60-61(46-66(58)82-70(69)79)76(15,16)39-38-75(60,13)14/h19-21,24-35,40-46,59H,22-23,36-39,47H2,1-18H3. The first-order chi connectivity index (χ1) is 38.4. The van der Waals surface area contributed by atoms with Crippen LogP contribution in [0.1, 0.15) is 226 Å². The van der Waals surface area contributed by atoms with Gasteiger partial charge in [0.1, 0.15) is 0 Å². The van der Waals surface area contributed by atoms with Crippen molar-refractivity contribution in [3.05, 3.63) is 184 Å². The zero-order valence-electron chi connectivity index (χ0n) is 53.1. The Balaban J connectivity index is 1.21. The van der Waals surface area contributed by atoms with Gasteiger partial charge in [-0.15, -0.1) is 11.3 Å². The monoisotopic (exact) mass is 1100 g/mol. The normalized spacial score (nSPS) is 21.6. The molecule has 1 saturated carbocycles. The fourth-order valence-corrected chi connectivity index (χ4v) is 17.4. The maximum Gasteiger partial charge on any atom is 0.260 e. The summed E-state index contributed by atoms with van der Waals surface area (Å²) in [5.41, 5.74) is 26.8. The lowest BCUT2D eigenvalue weighted by Crippen LogP contribution is -2.63. The van der Waals surface area contributed by atoms with E-state index in [1.165, 1.54) is 143 Å². The zero-order valence-corrected chi connectivity index (χ0v) is 53.9. The number of anilines is 6. The fourth-order valence-electron chi connectivity index (χ4n) is 16.0. The third-order valence-corrected chi connectivity index (χ3v) is 22.8. The van der Waals surface area contributed by atoms with E-state index >= 15 is 0 Å². The van der Waals surface area contributed by atoms with Crippen molar-refractivity contribution in [3.8, 4) is 11.1 Å². The maximum absolute atomic E-state index is 2.83. The molecule has 0 amide bonds. The van der Waals surface area contributed by atoms with Crippen molar-refractivity contribution in [2.24, 2.45) is 5.41 Å². The summed E-state index contributed by atoms with van der Waals surface area (Å²) in [5.74, 6) is 0.233. The summed E-state index contributed by atoms with van der Waals surface area (Å²) in [5, 5.41) is 1.39. The summed E-state index contributed by atoms with van der Waals surface area (Å²) in [6.45, 7) is 44.0. The average molecular weight is 1100 g/mol. The molecule has 0 saturated heterocycles. The molecule has 0 spiro atoms. The van der Waals surface area contributed by atoms with Crippen molar-refractivity contribution >= 4 is 78.0 Å². The third-order valence-electron chi connectivity index (χ3n) is 21.6. The quantitative estimate of drug-likeness (QED) is 0.159. The SMILES string of the molecule is CC(C)(C)c1ccc(N(c2ccc(C(C)(C)C)cc2)c2cc3c4c(c2)N(c2ccc(C(C)(C)C)cc2-c2ccccc2)c2c(sc5cc6c(cc25)C(C)(C)CCC6(C)C)B4c2cc(C(C)(C)C)cc4c2C3CC2(C)CCCCC42C)cc1. The van der Waals surface area contributed by atoms with Gasteiger partial charge in [-0.25, -0.2) is 0 Å². The van der Waals surface area contributed by atoms with Gasteiger partial charge in [0.2, 0.25) is 0 Å². The van der Waals surface area contributed by atoms with Crippen molar-refractivity contribution in [1.29, 1.82) is 0 Å². The number of rotatable bonds is 5. The first-order valence-electron chi connectivity index (χ1n) is 31.4. The Hall–Kier alpha value is -5.84. The second-order valence-corrected chi connectivity index (χ2v) is 33.2. The molecule has 8 aromatic rings. The summed E-state index contributed by atoms with van der Waals surface area (Å²) >= 11 is 2.11. The Morgan fingerprint density at radius 3 is 1.66 bits per heavy atom. The predicted molar refractivity (Wildman–Crippen MR) is 358 cm³/mol. The number of hydrogen-bond donors (Lipinski definition) is 0. The molecule has 5 aliphatic rings. The molecule has 13 rings (SSSR count). The molecular weight excluding hydrogens is 1010 g/mol. The molecule has 82 heavy (non-hydrogen) atoms. The van der Waals surface area contributed by atoms with Crippen molar-refractivity contribution in [3.63, 3.8) is 0 Å². The number of benzene rings is 7. The molecule has 0 radical (unpaired) electrons. The smallest absolute Gasteiger partial charge is 0.260 e. The van der Waals surface area contributed by atoms with Crippen LogP contribution in [0.2, 0.25) is 0 Å². The molecule has 422 valence electrons. The number of nitrogens with zero attached hydrogens (tertiary/aromatic N) is 2. The van der Waals surface area contributed by atoms with Crippen LogP contribution in [0.4, 0.5) is 34.1 Å². The molecule has 1 aromatic heterocycles. The summed E-state index contributed by atoms with van der Waals surface area (Å²) < 4.78 is 2.91. The fraction of sp³-hybridized carbons (Fsp3) is 0.436. The van der Waals surface area contributed by atoms with E-state index in [4.69, 9.17) is 0 Å². The topological polar surface area (TPSA) is 6.48 Å². The van der Waals surface area contributed by atoms with E-state index in [1.807, 2.05) is 0 Å². The van der Waals surface area contributed by atoms with Gasteiger partial charge in [0.05, 0.1) is 11.4 Å². The van der Waals surface area contributed by atoms with Gasteiger partial charge < -0.3 is 9.80 Å². The molecule has 3 aliphatic carbocycles. The Labute approximate surface area is 498 Å². The Morgan fingerprint density at radius 1 is 0.512 bits per heavy atom. The van der Waals surface area contributed by atoms with Crippen LogP contribution in [0, 0.1) is 5.41 Å². The number of fused-ring (bicyclic) bond motifs is 9. The van der Waals surface area contributed by atoms with Gasteiger partial charge in [-0.3, -0.25) is 0 Å². The second-order valence-electron chi connectivity index (χ2n) is 32.1. The molecule has 2 nitrogen and oxygen atoms in total. The van der Waals surface area contributed by atoms with Gasteiger partial charge in [-0.05, 0) is 197 Å². The molecule has 3 atom stereocenters. The van der Waals surface area contributed by atoms with Gasteiger partial charge in [0.15, 0.2) is 0 Å². The minimum atomic E-state index is -0.0473. The van der Waals surface area contributed by atoms with E-state index in [2.05, 4.69) is 279 Å². The molecule has 3 unspecified atom stereocenters. The van der Waals surface area contributed by atoms with Crippen LogP contribution >= 0.6 is 11.3 Å². The average Bonchev–Trinajstić information content (AvgIpc) is 1.08. The van der Waals surface area contributed by atoms with Crippen LogP contribution < -0.4 is 25.5 Å². The summed E-state index contributed by atoms with van der Waals surface area (Å²) in [4.78, 5) is 5.44. The summed E-state index contributed by atoms with van der Waals surface area (Å²) in [6, 6.07) is 54.2. The van der Waals surface area contributed by atoms with E-state index < -0.39 is 0 Å². The maximum atomic E-state index is 2.83. The van der Waals surface area contributed by atoms with Crippen LogP contribution in [-0.2, 0) is 37.9 Å². The largest absolute Gasteiger partial charge is 0.310 e.